The van der Waals surface area contributed by atoms with Crippen LogP contribution in [-0.2, 0) is 4.74 Å². The molecular formula is C32H34F4O2. The topological polar surface area (TPSA) is 18.5 Å². The Labute approximate surface area is 222 Å². The molecule has 1 heterocycles. The number of ether oxygens (including phenoxy) is 2. The van der Waals surface area contributed by atoms with Crippen molar-refractivity contribution in [2.24, 2.45) is 5.92 Å². The number of halogens is 4. The van der Waals surface area contributed by atoms with E-state index >= 15 is 8.78 Å². The largest absolute Gasteiger partial charge is 0.490 e. The van der Waals surface area contributed by atoms with Crippen molar-refractivity contribution in [3.8, 4) is 28.0 Å². The van der Waals surface area contributed by atoms with Crippen LogP contribution in [-0.4, -0.2) is 13.2 Å². The van der Waals surface area contributed by atoms with Crippen molar-refractivity contribution in [2.45, 2.75) is 58.5 Å². The fourth-order valence-electron chi connectivity index (χ4n) is 4.88. The summed E-state index contributed by atoms with van der Waals surface area (Å²) in [5, 5.41) is 0. The molecule has 0 amide bonds. The normalized spacial score (nSPS) is 17.7. The Morgan fingerprint density at radius 3 is 2.05 bits per heavy atom. The summed E-state index contributed by atoms with van der Waals surface area (Å²) in [5.41, 5.74) is 1.23. The summed E-state index contributed by atoms with van der Waals surface area (Å²) in [6.45, 7) is 4.85. The van der Waals surface area contributed by atoms with Crippen LogP contribution in [0.15, 0.2) is 60.7 Å². The van der Waals surface area contributed by atoms with Crippen LogP contribution < -0.4 is 4.74 Å². The first kappa shape index (κ1) is 27.9. The first-order chi connectivity index (χ1) is 18.4. The average Bonchev–Trinajstić information content (AvgIpc) is 2.93. The third-order valence-electron chi connectivity index (χ3n) is 7.04. The molecule has 202 valence electrons. The van der Waals surface area contributed by atoms with E-state index in [0.29, 0.717) is 36.7 Å². The SMILES string of the molecule is CC=CC1CCC(c2ccc(-c3ccc(-c4ccc(OCCCCCC)c(F)c4F)cc3)c(F)c2F)OC1. The van der Waals surface area contributed by atoms with Gasteiger partial charge in [0.05, 0.1) is 19.3 Å². The molecule has 1 saturated heterocycles. The van der Waals surface area contributed by atoms with E-state index in [-0.39, 0.29) is 22.4 Å². The van der Waals surface area contributed by atoms with Gasteiger partial charge in [0, 0.05) is 22.6 Å². The van der Waals surface area contributed by atoms with Crippen molar-refractivity contribution in [2.75, 3.05) is 13.2 Å². The molecule has 6 heteroatoms. The molecule has 0 spiro atoms. The van der Waals surface area contributed by atoms with Gasteiger partial charge >= 0.3 is 0 Å². The molecular weight excluding hydrogens is 492 g/mol. The molecule has 3 aromatic rings. The summed E-state index contributed by atoms with van der Waals surface area (Å²) < 4.78 is 70.8. The molecule has 0 aliphatic carbocycles. The Morgan fingerprint density at radius 2 is 1.45 bits per heavy atom. The van der Waals surface area contributed by atoms with Crippen LogP contribution in [0.1, 0.15) is 64.0 Å². The lowest BCUT2D eigenvalue weighted by Crippen LogP contribution is -2.20. The van der Waals surface area contributed by atoms with Gasteiger partial charge in [-0.25, -0.2) is 13.2 Å². The zero-order valence-corrected chi connectivity index (χ0v) is 21.9. The van der Waals surface area contributed by atoms with Crippen molar-refractivity contribution in [3.05, 3.63) is 89.5 Å². The van der Waals surface area contributed by atoms with E-state index in [4.69, 9.17) is 9.47 Å². The second-order valence-corrected chi connectivity index (χ2v) is 9.74. The maximum Gasteiger partial charge on any atom is 0.201 e. The molecule has 0 aromatic heterocycles. The van der Waals surface area contributed by atoms with Crippen molar-refractivity contribution >= 4 is 0 Å². The Morgan fingerprint density at radius 1 is 0.789 bits per heavy atom. The molecule has 38 heavy (non-hydrogen) atoms. The number of benzene rings is 3. The van der Waals surface area contributed by atoms with Gasteiger partial charge in [0.25, 0.3) is 0 Å². The van der Waals surface area contributed by atoms with Gasteiger partial charge < -0.3 is 9.47 Å². The van der Waals surface area contributed by atoms with Gasteiger partial charge in [-0.15, -0.1) is 0 Å². The Bertz CT molecular complexity index is 1250. The van der Waals surface area contributed by atoms with Crippen LogP contribution in [0.25, 0.3) is 22.3 Å². The minimum Gasteiger partial charge on any atom is -0.490 e. The molecule has 0 N–H and O–H groups in total. The molecule has 2 atom stereocenters. The highest BCUT2D eigenvalue weighted by molar-refractivity contribution is 5.71. The van der Waals surface area contributed by atoms with Crippen molar-refractivity contribution in [1.29, 1.82) is 0 Å². The van der Waals surface area contributed by atoms with Gasteiger partial charge in [0.1, 0.15) is 0 Å². The summed E-state index contributed by atoms with van der Waals surface area (Å²) in [5.74, 6) is -3.73. The molecule has 0 saturated carbocycles. The molecule has 1 aliphatic rings. The van der Waals surface area contributed by atoms with Gasteiger partial charge in [-0.1, -0.05) is 74.7 Å². The van der Waals surface area contributed by atoms with Crippen LogP contribution in [0.4, 0.5) is 17.6 Å². The number of allylic oxidation sites excluding steroid dienone is 1. The van der Waals surface area contributed by atoms with E-state index in [9.17, 15) is 8.78 Å². The van der Waals surface area contributed by atoms with Crippen molar-refractivity contribution in [3.63, 3.8) is 0 Å². The van der Waals surface area contributed by atoms with E-state index in [2.05, 4.69) is 13.0 Å². The lowest BCUT2D eigenvalue weighted by atomic mass is 9.92. The van der Waals surface area contributed by atoms with E-state index < -0.39 is 29.4 Å². The fourth-order valence-corrected chi connectivity index (χ4v) is 4.88. The van der Waals surface area contributed by atoms with E-state index in [0.717, 1.165) is 32.1 Å². The number of hydrogen-bond acceptors (Lipinski definition) is 2. The maximum absolute atomic E-state index is 15.1. The zero-order chi connectivity index (χ0) is 27.1. The predicted octanol–water partition coefficient (Wildman–Crippen LogP) is 9.58. The van der Waals surface area contributed by atoms with E-state index in [1.165, 1.54) is 18.2 Å². The van der Waals surface area contributed by atoms with E-state index in [1.807, 2.05) is 13.0 Å². The predicted molar refractivity (Wildman–Crippen MR) is 143 cm³/mol. The van der Waals surface area contributed by atoms with Gasteiger partial charge in [0.2, 0.25) is 5.82 Å². The van der Waals surface area contributed by atoms with Crippen molar-refractivity contribution < 1.29 is 27.0 Å². The minimum absolute atomic E-state index is 0.0695. The summed E-state index contributed by atoms with van der Waals surface area (Å²) >= 11 is 0. The fraction of sp³-hybridized carbons (Fsp3) is 0.375. The Balaban J connectivity index is 1.48. The lowest BCUT2D eigenvalue weighted by molar-refractivity contribution is -0.00743. The highest BCUT2D eigenvalue weighted by atomic mass is 19.2. The second-order valence-electron chi connectivity index (χ2n) is 9.74. The number of rotatable bonds is 10. The van der Waals surface area contributed by atoms with Gasteiger partial charge in [-0.05, 0) is 49.4 Å². The summed E-state index contributed by atoms with van der Waals surface area (Å²) in [4.78, 5) is 0. The summed E-state index contributed by atoms with van der Waals surface area (Å²) in [6.07, 6.45) is 8.93. The second kappa shape index (κ2) is 13.1. The highest BCUT2D eigenvalue weighted by Crippen LogP contribution is 2.37. The first-order valence-corrected chi connectivity index (χ1v) is 13.4. The van der Waals surface area contributed by atoms with Crippen LogP contribution in [0.2, 0.25) is 0 Å². The number of hydrogen-bond donors (Lipinski definition) is 0. The van der Waals surface area contributed by atoms with Crippen LogP contribution in [0, 0.1) is 29.2 Å². The third-order valence-corrected chi connectivity index (χ3v) is 7.04. The lowest BCUT2D eigenvalue weighted by Gasteiger charge is -2.28. The maximum atomic E-state index is 15.1. The van der Waals surface area contributed by atoms with Gasteiger partial charge in [-0.2, -0.15) is 4.39 Å². The van der Waals surface area contributed by atoms with Gasteiger partial charge in [0.15, 0.2) is 23.2 Å². The Kier molecular flexibility index (Phi) is 9.62. The van der Waals surface area contributed by atoms with Gasteiger partial charge in [-0.3, -0.25) is 0 Å². The minimum atomic E-state index is -1.03. The highest BCUT2D eigenvalue weighted by Gasteiger charge is 2.26. The van der Waals surface area contributed by atoms with Crippen LogP contribution >= 0.6 is 0 Å². The van der Waals surface area contributed by atoms with E-state index in [1.54, 1.807) is 30.3 Å². The average molecular weight is 527 g/mol. The summed E-state index contributed by atoms with van der Waals surface area (Å²) in [7, 11) is 0. The van der Waals surface area contributed by atoms with Crippen LogP contribution in [0.3, 0.4) is 0 Å². The molecule has 1 fully saturated rings. The molecule has 4 rings (SSSR count). The Hall–Kier alpha value is -3.12. The quantitative estimate of drug-likeness (QED) is 0.149. The molecule has 0 bridgehead atoms. The molecule has 3 aromatic carbocycles. The first-order valence-electron chi connectivity index (χ1n) is 13.4. The molecule has 2 unspecified atom stereocenters. The zero-order valence-electron chi connectivity index (χ0n) is 21.9. The third kappa shape index (κ3) is 6.29. The summed E-state index contributed by atoms with van der Waals surface area (Å²) in [6, 6.07) is 12.3. The van der Waals surface area contributed by atoms with Crippen LogP contribution in [0.5, 0.6) is 5.75 Å². The van der Waals surface area contributed by atoms with Crippen molar-refractivity contribution in [1.82, 2.24) is 0 Å². The number of unbranched alkanes of at least 4 members (excludes halogenated alkanes) is 3. The molecule has 1 aliphatic heterocycles. The molecule has 0 radical (unpaired) electrons. The smallest absolute Gasteiger partial charge is 0.201 e. The standard InChI is InChI=1S/C32H34F4O2/c1-3-5-6-7-19-37-28-18-16-25(30(34)32(28)36)23-12-10-22(11-13-23)24-14-15-26(31(35)29(24)33)27-17-9-21(8-4-2)20-38-27/h4,8,10-16,18,21,27H,3,5-7,9,17,19-20H2,1-2H3. The molecule has 2 nitrogen and oxygen atoms in total. The monoisotopic (exact) mass is 526 g/mol.